The molecule has 2 atom stereocenters. The zero-order chi connectivity index (χ0) is 10.7. The lowest BCUT2D eigenvalue weighted by atomic mass is 10.1. The Bertz CT molecular complexity index is 331. The maximum atomic E-state index is 5.93. The summed E-state index contributed by atoms with van der Waals surface area (Å²) in [6.45, 7) is 0.893. The average Bonchev–Trinajstić information content (AvgIpc) is 2.63. The molecule has 0 aromatic carbocycles. The predicted octanol–water partition coefficient (Wildman–Crippen LogP) is 1.67. The summed E-state index contributed by atoms with van der Waals surface area (Å²) in [5.74, 6) is 1.36. The highest BCUT2D eigenvalue weighted by atomic mass is 35.5. The van der Waals surface area contributed by atoms with Crippen LogP contribution >= 0.6 is 11.6 Å². The summed E-state index contributed by atoms with van der Waals surface area (Å²) in [6, 6.07) is 0.373. The van der Waals surface area contributed by atoms with Crippen molar-refractivity contribution in [1.29, 1.82) is 0 Å². The van der Waals surface area contributed by atoms with Crippen molar-refractivity contribution in [2.24, 2.45) is 11.7 Å². The highest BCUT2D eigenvalue weighted by molar-refractivity contribution is 6.32. The van der Waals surface area contributed by atoms with E-state index in [9.17, 15) is 0 Å². The molecule has 2 rings (SSSR count). The Morgan fingerprint density at radius 2 is 2.40 bits per heavy atom. The van der Waals surface area contributed by atoms with Crippen LogP contribution in [0.5, 0.6) is 0 Å². The first-order chi connectivity index (χ1) is 7.25. The van der Waals surface area contributed by atoms with Crippen LogP contribution in [0.4, 0.5) is 5.82 Å². The van der Waals surface area contributed by atoms with Gasteiger partial charge in [-0.1, -0.05) is 11.6 Å². The third-order valence-electron chi connectivity index (χ3n) is 2.81. The first-order valence-corrected chi connectivity index (χ1v) is 5.58. The summed E-state index contributed by atoms with van der Waals surface area (Å²) in [5, 5.41) is 3.81. The van der Waals surface area contributed by atoms with Gasteiger partial charge in [0.15, 0.2) is 0 Å². The summed E-state index contributed by atoms with van der Waals surface area (Å²) in [7, 11) is 0. The van der Waals surface area contributed by atoms with Gasteiger partial charge in [-0.3, -0.25) is 0 Å². The number of nitrogens with one attached hydrogen (secondary N) is 1. The molecule has 1 saturated carbocycles. The van der Waals surface area contributed by atoms with Crippen LogP contribution in [-0.4, -0.2) is 22.6 Å². The zero-order valence-electron chi connectivity index (χ0n) is 8.49. The Labute approximate surface area is 94.2 Å². The molecular formula is C10H15ClN4. The van der Waals surface area contributed by atoms with E-state index < -0.39 is 0 Å². The van der Waals surface area contributed by atoms with Gasteiger partial charge in [-0.2, -0.15) is 0 Å². The van der Waals surface area contributed by atoms with Crippen LogP contribution in [0.3, 0.4) is 0 Å². The lowest BCUT2D eigenvalue weighted by Crippen LogP contribution is -2.18. The van der Waals surface area contributed by atoms with Crippen LogP contribution in [-0.2, 0) is 0 Å². The number of nitrogens with zero attached hydrogens (tertiary/aromatic N) is 2. The van der Waals surface area contributed by atoms with Crippen molar-refractivity contribution in [3.05, 3.63) is 17.5 Å². The van der Waals surface area contributed by atoms with Crippen molar-refractivity contribution >= 4 is 17.4 Å². The van der Waals surface area contributed by atoms with Crippen molar-refractivity contribution in [1.82, 2.24) is 9.97 Å². The lowest BCUT2D eigenvalue weighted by molar-refractivity contribution is 0.565. The van der Waals surface area contributed by atoms with E-state index in [0.29, 0.717) is 22.8 Å². The van der Waals surface area contributed by atoms with Crippen molar-refractivity contribution in [2.75, 3.05) is 11.9 Å². The van der Waals surface area contributed by atoms with Gasteiger partial charge in [0.25, 0.3) is 0 Å². The second kappa shape index (κ2) is 4.77. The second-order valence-corrected chi connectivity index (χ2v) is 4.45. The minimum Gasteiger partial charge on any atom is -0.368 e. The molecule has 2 unspecified atom stereocenters. The lowest BCUT2D eigenvalue weighted by Gasteiger charge is -2.11. The molecule has 1 fully saturated rings. The molecule has 15 heavy (non-hydrogen) atoms. The normalized spacial score (nSPS) is 25.5. The fraction of sp³-hybridized carbons (Fsp3) is 0.600. The van der Waals surface area contributed by atoms with Gasteiger partial charge >= 0.3 is 0 Å². The molecule has 0 amide bonds. The molecule has 0 radical (unpaired) electrons. The number of hydrogen-bond donors (Lipinski definition) is 2. The van der Waals surface area contributed by atoms with Crippen LogP contribution in [0, 0.1) is 5.92 Å². The van der Waals surface area contributed by atoms with E-state index in [0.717, 1.165) is 19.4 Å². The van der Waals surface area contributed by atoms with E-state index in [4.69, 9.17) is 17.3 Å². The van der Waals surface area contributed by atoms with Crippen LogP contribution in [0.2, 0.25) is 5.02 Å². The number of aromatic nitrogens is 2. The molecule has 5 heteroatoms. The molecule has 82 valence electrons. The predicted molar refractivity (Wildman–Crippen MR) is 60.8 cm³/mol. The SMILES string of the molecule is NC1CCC(CNc2ncncc2Cl)C1. The van der Waals surface area contributed by atoms with Gasteiger partial charge in [-0.15, -0.1) is 0 Å². The maximum Gasteiger partial charge on any atom is 0.148 e. The Balaban J connectivity index is 1.86. The molecular weight excluding hydrogens is 212 g/mol. The van der Waals surface area contributed by atoms with Crippen molar-refractivity contribution in [3.8, 4) is 0 Å². The third-order valence-corrected chi connectivity index (χ3v) is 3.08. The summed E-state index contributed by atoms with van der Waals surface area (Å²) < 4.78 is 0. The monoisotopic (exact) mass is 226 g/mol. The van der Waals surface area contributed by atoms with Gasteiger partial charge in [0, 0.05) is 12.6 Å². The molecule has 1 aliphatic carbocycles. The standard InChI is InChI=1S/C10H15ClN4/c11-9-5-13-6-15-10(9)14-4-7-1-2-8(12)3-7/h5-8H,1-4,12H2,(H,13,14,15). The van der Waals surface area contributed by atoms with E-state index in [-0.39, 0.29) is 0 Å². The molecule has 0 spiro atoms. The molecule has 4 nitrogen and oxygen atoms in total. The Hall–Kier alpha value is -0.870. The summed E-state index contributed by atoms with van der Waals surface area (Å²) in [6.07, 6.45) is 6.50. The Kier molecular flexibility index (Phi) is 3.38. The second-order valence-electron chi connectivity index (χ2n) is 4.04. The van der Waals surface area contributed by atoms with E-state index >= 15 is 0 Å². The summed E-state index contributed by atoms with van der Waals surface area (Å²) in [5.41, 5.74) is 5.84. The largest absolute Gasteiger partial charge is 0.368 e. The van der Waals surface area contributed by atoms with E-state index in [1.54, 1.807) is 6.20 Å². The molecule has 1 aromatic heterocycles. The fourth-order valence-electron chi connectivity index (χ4n) is 1.98. The number of nitrogens with two attached hydrogens (primary N) is 1. The molecule has 3 N–H and O–H groups in total. The molecule has 1 heterocycles. The van der Waals surface area contributed by atoms with E-state index in [1.807, 2.05) is 0 Å². The highest BCUT2D eigenvalue weighted by Crippen LogP contribution is 2.25. The minimum atomic E-state index is 0.373. The minimum absolute atomic E-state index is 0.373. The van der Waals surface area contributed by atoms with Crippen molar-refractivity contribution in [3.63, 3.8) is 0 Å². The van der Waals surface area contributed by atoms with E-state index in [1.165, 1.54) is 12.7 Å². The topological polar surface area (TPSA) is 63.8 Å². The molecule has 0 bridgehead atoms. The van der Waals surface area contributed by atoms with Crippen molar-refractivity contribution in [2.45, 2.75) is 25.3 Å². The fourth-order valence-corrected chi connectivity index (χ4v) is 2.15. The zero-order valence-corrected chi connectivity index (χ0v) is 9.24. The van der Waals surface area contributed by atoms with Crippen molar-refractivity contribution < 1.29 is 0 Å². The summed E-state index contributed by atoms with van der Waals surface area (Å²) >= 11 is 5.93. The molecule has 1 aromatic rings. The van der Waals surface area contributed by atoms with Crippen LogP contribution < -0.4 is 11.1 Å². The number of rotatable bonds is 3. The number of halogens is 1. The quantitative estimate of drug-likeness (QED) is 0.823. The van der Waals surface area contributed by atoms with Gasteiger partial charge in [-0.05, 0) is 25.2 Å². The Morgan fingerprint density at radius 3 is 3.07 bits per heavy atom. The maximum absolute atomic E-state index is 5.93. The highest BCUT2D eigenvalue weighted by Gasteiger charge is 2.21. The molecule has 0 aliphatic heterocycles. The van der Waals surface area contributed by atoms with Gasteiger partial charge in [-0.25, -0.2) is 9.97 Å². The average molecular weight is 227 g/mol. The van der Waals surface area contributed by atoms with Crippen LogP contribution in [0.1, 0.15) is 19.3 Å². The number of hydrogen-bond acceptors (Lipinski definition) is 4. The molecule has 1 aliphatic rings. The Morgan fingerprint density at radius 1 is 1.53 bits per heavy atom. The third kappa shape index (κ3) is 2.79. The van der Waals surface area contributed by atoms with Crippen LogP contribution in [0.25, 0.3) is 0 Å². The first-order valence-electron chi connectivity index (χ1n) is 5.20. The van der Waals surface area contributed by atoms with Gasteiger partial charge in [0.05, 0.1) is 6.20 Å². The summed E-state index contributed by atoms with van der Waals surface area (Å²) in [4.78, 5) is 7.91. The first kappa shape index (κ1) is 10.6. The van der Waals surface area contributed by atoms with Crippen LogP contribution in [0.15, 0.2) is 12.5 Å². The van der Waals surface area contributed by atoms with E-state index in [2.05, 4.69) is 15.3 Å². The smallest absolute Gasteiger partial charge is 0.148 e. The van der Waals surface area contributed by atoms with Gasteiger partial charge in [0.2, 0.25) is 0 Å². The molecule has 0 saturated heterocycles. The van der Waals surface area contributed by atoms with Gasteiger partial charge < -0.3 is 11.1 Å². The van der Waals surface area contributed by atoms with Gasteiger partial charge in [0.1, 0.15) is 17.2 Å². The number of anilines is 1.